The minimum absolute atomic E-state index is 0.159. The third-order valence-corrected chi connectivity index (χ3v) is 4.91. The second kappa shape index (κ2) is 8.12. The van der Waals surface area contributed by atoms with E-state index in [0.29, 0.717) is 38.6 Å². The van der Waals surface area contributed by atoms with Crippen molar-refractivity contribution in [2.75, 3.05) is 19.0 Å². The number of benzene rings is 2. The third-order valence-electron chi connectivity index (χ3n) is 3.72. The van der Waals surface area contributed by atoms with Gasteiger partial charge in [-0.15, -0.1) is 11.3 Å². The van der Waals surface area contributed by atoms with E-state index in [2.05, 4.69) is 11.9 Å². The minimum Gasteiger partial charge on any atom is -0.489 e. The van der Waals surface area contributed by atoms with Gasteiger partial charge in [0.05, 0.1) is 11.5 Å². The summed E-state index contributed by atoms with van der Waals surface area (Å²) >= 11 is 1.25. The summed E-state index contributed by atoms with van der Waals surface area (Å²) in [5, 5.41) is 3.28. The number of ether oxygens (including phenoxy) is 2. The zero-order chi connectivity index (χ0) is 18.5. The first kappa shape index (κ1) is 18.1. The second-order valence-electron chi connectivity index (χ2n) is 5.54. The van der Waals surface area contributed by atoms with E-state index in [1.54, 1.807) is 42.5 Å². The molecule has 1 amide bonds. The predicted molar refractivity (Wildman–Crippen MR) is 103 cm³/mol. The summed E-state index contributed by atoms with van der Waals surface area (Å²) in [4.78, 5) is 13.2. The van der Waals surface area contributed by atoms with E-state index >= 15 is 0 Å². The van der Waals surface area contributed by atoms with Crippen molar-refractivity contribution in [3.8, 4) is 5.75 Å². The number of thiophene rings is 1. The number of carbonyl (C=O) groups is 1. The highest BCUT2D eigenvalue weighted by molar-refractivity contribution is 7.21. The van der Waals surface area contributed by atoms with Gasteiger partial charge in [0.1, 0.15) is 18.2 Å². The van der Waals surface area contributed by atoms with Gasteiger partial charge in [-0.3, -0.25) is 4.79 Å². The molecule has 0 spiro atoms. The summed E-state index contributed by atoms with van der Waals surface area (Å²) in [5.41, 5.74) is 1.15. The Morgan fingerprint density at radius 3 is 2.88 bits per heavy atom. The van der Waals surface area contributed by atoms with Gasteiger partial charge in [-0.05, 0) is 24.3 Å². The lowest BCUT2D eigenvalue weighted by Crippen LogP contribution is -2.12. The lowest BCUT2D eigenvalue weighted by Gasteiger charge is -2.08. The van der Waals surface area contributed by atoms with Crippen LogP contribution in [0.2, 0.25) is 0 Å². The largest absolute Gasteiger partial charge is 0.489 e. The molecule has 1 heterocycles. The van der Waals surface area contributed by atoms with Crippen molar-refractivity contribution in [2.24, 2.45) is 0 Å². The van der Waals surface area contributed by atoms with Crippen molar-refractivity contribution in [1.29, 1.82) is 0 Å². The Morgan fingerprint density at radius 1 is 1.31 bits per heavy atom. The average molecular weight is 371 g/mol. The molecule has 26 heavy (non-hydrogen) atoms. The van der Waals surface area contributed by atoms with Crippen molar-refractivity contribution in [3.63, 3.8) is 0 Å². The molecular weight excluding hydrogens is 353 g/mol. The van der Waals surface area contributed by atoms with Gasteiger partial charge in [0.15, 0.2) is 0 Å². The van der Waals surface area contributed by atoms with Crippen molar-refractivity contribution < 1.29 is 18.7 Å². The highest BCUT2D eigenvalue weighted by Gasteiger charge is 2.20. The van der Waals surface area contributed by atoms with Gasteiger partial charge in [-0.25, -0.2) is 4.39 Å². The Morgan fingerprint density at radius 2 is 2.12 bits per heavy atom. The number of fused-ring (bicyclic) bond motifs is 1. The van der Waals surface area contributed by atoms with Crippen molar-refractivity contribution in [3.05, 3.63) is 71.4 Å². The summed E-state index contributed by atoms with van der Waals surface area (Å²) < 4.78 is 25.6. The normalized spacial score (nSPS) is 10.7. The number of anilines is 1. The van der Waals surface area contributed by atoms with E-state index in [0.717, 1.165) is 0 Å². The van der Waals surface area contributed by atoms with Crippen molar-refractivity contribution in [1.82, 2.24) is 0 Å². The van der Waals surface area contributed by atoms with Crippen LogP contribution in [0.15, 0.2) is 55.1 Å². The first-order valence-corrected chi connectivity index (χ1v) is 8.79. The summed E-state index contributed by atoms with van der Waals surface area (Å²) in [6.07, 6.45) is 1.65. The molecule has 3 aromatic rings. The van der Waals surface area contributed by atoms with Crippen LogP contribution in [0.5, 0.6) is 5.75 Å². The number of halogens is 1. The molecule has 0 fully saturated rings. The SMILES string of the molecule is C=CCOc1cccc(NC(=O)c2sc3cccc(F)c3c2COC)c1. The molecule has 0 radical (unpaired) electrons. The molecule has 4 nitrogen and oxygen atoms in total. The maximum atomic E-state index is 14.2. The van der Waals surface area contributed by atoms with Crippen LogP contribution in [0.25, 0.3) is 10.1 Å². The molecule has 1 aromatic heterocycles. The molecule has 0 atom stereocenters. The Labute approximate surface area is 154 Å². The van der Waals surface area contributed by atoms with E-state index in [1.807, 2.05) is 0 Å². The van der Waals surface area contributed by atoms with Crippen LogP contribution in [0.1, 0.15) is 15.2 Å². The molecule has 6 heteroatoms. The van der Waals surface area contributed by atoms with Crippen LogP contribution < -0.4 is 10.1 Å². The number of hydrogen-bond donors (Lipinski definition) is 1. The summed E-state index contributed by atoms with van der Waals surface area (Å²) in [5.74, 6) is -0.0367. The second-order valence-corrected chi connectivity index (χ2v) is 6.59. The van der Waals surface area contributed by atoms with E-state index in [1.165, 1.54) is 24.5 Å². The van der Waals surface area contributed by atoms with Gasteiger partial charge in [-0.2, -0.15) is 0 Å². The molecule has 0 aliphatic rings. The number of methoxy groups -OCH3 is 1. The Hall–Kier alpha value is -2.70. The smallest absolute Gasteiger partial charge is 0.266 e. The van der Waals surface area contributed by atoms with Gasteiger partial charge in [-0.1, -0.05) is 24.8 Å². The van der Waals surface area contributed by atoms with Crippen LogP contribution in [0.3, 0.4) is 0 Å². The lowest BCUT2D eigenvalue weighted by molar-refractivity contribution is 0.102. The molecule has 134 valence electrons. The van der Waals surface area contributed by atoms with Crippen LogP contribution >= 0.6 is 11.3 Å². The third kappa shape index (κ3) is 3.76. The topological polar surface area (TPSA) is 47.6 Å². The minimum atomic E-state index is -0.357. The number of hydrogen-bond acceptors (Lipinski definition) is 4. The molecule has 0 aliphatic carbocycles. The summed E-state index contributed by atoms with van der Waals surface area (Å²) in [6.45, 7) is 4.14. The highest BCUT2D eigenvalue weighted by atomic mass is 32.1. The molecule has 0 saturated heterocycles. The molecule has 0 unspecified atom stereocenters. The molecule has 0 aliphatic heterocycles. The van der Waals surface area contributed by atoms with E-state index < -0.39 is 0 Å². The van der Waals surface area contributed by atoms with Crippen LogP contribution in [-0.4, -0.2) is 19.6 Å². The Balaban J connectivity index is 1.91. The van der Waals surface area contributed by atoms with E-state index in [4.69, 9.17) is 9.47 Å². The fraction of sp³-hybridized carbons (Fsp3) is 0.150. The molecule has 0 saturated carbocycles. The standard InChI is InChI=1S/C20H18FNO3S/c1-3-10-25-14-7-4-6-13(11-14)22-20(23)19-15(12-24-2)18-16(21)8-5-9-17(18)26-19/h3-9,11H,1,10,12H2,2H3,(H,22,23). The monoisotopic (exact) mass is 371 g/mol. The van der Waals surface area contributed by atoms with E-state index in [-0.39, 0.29) is 18.3 Å². The molecular formula is C20H18FNO3S. The zero-order valence-corrected chi connectivity index (χ0v) is 15.1. The van der Waals surface area contributed by atoms with Gasteiger partial charge in [0.2, 0.25) is 0 Å². The molecule has 3 rings (SSSR count). The van der Waals surface area contributed by atoms with Crippen molar-refractivity contribution in [2.45, 2.75) is 6.61 Å². The zero-order valence-electron chi connectivity index (χ0n) is 14.3. The van der Waals surface area contributed by atoms with Gasteiger partial charge < -0.3 is 14.8 Å². The first-order valence-electron chi connectivity index (χ1n) is 7.98. The number of nitrogens with one attached hydrogen (secondary N) is 1. The fourth-order valence-electron chi connectivity index (χ4n) is 2.64. The molecule has 2 aromatic carbocycles. The number of amides is 1. The fourth-order valence-corrected chi connectivity index (χ4v) is 3.76. The Kier molecular flexibility index (Phi) is 5.65. The first-order chi connectivity index (χ1) is 12.6. The van der Waals surface area contributed by atoms with Gasteiger partial charge >= 0.3 is 0 Å². The average Bonchev–Trinajstić information content (AvgIpc) is 3.01. The summed E-state index contributed by atoms with van der Waals surface area (Å²) in [7, 11) is 1.52. The van der Waals surface area contributed by atoms with Gasteiger partial charge in [0, 0.05) is 34.5 Å². The number of rotatable bonds is 7. The van der Waals surface area contributed by atoms with Crippen LogP contribution in [-0.2, 0) is 11.3 Å². The Bertz CT molecular complexity index is 951. The van der Waals surface area contributed by atoms with Crippen LogP contribution in [0.4, 0.5) is 10.1 Å². The summed E-state index contributed by atoms with van der Waals surface area (Å²) in [6, 6.07) is 11.9. The molecule has 1 N–H and O–H groups in total. The number of carbonyl (C=O) groups excluding carboxylic acids is 1. The predicted octanol–water partition coefficient (Wildman–Crippen LogP) is 5.00. The highest BCUT2D eigenvalue weighted by Crippen LogP contribution is 2.34. The quantitative estimate of drug-likeness (QED) is 0.594. The molecule has 0 bridgehead atoms. The lowest BCUT2D eigenvalue weighted by atomic mass is 10.1. The van der Waals surface area contributed by atoms with E-state index in [9.17, 15) is 9.18 Å². The van der Waals surface area contributed by atoms with Gasteiger partial charge in [0.25, 0.3) is 5.91 Å². The maximum absolute atomic E-state index is 14.2. The van der Waals surface area contributed by atoms with Crippen LogP contribution in [0, 0.1) is 5.82 Å². The van der Waals surface area contributed by atoms with Crippen molar-refractivity contribution >= 4 is 33.0 Å². The maximum Gasteiger partial charge on any atom is 0.266 e.